The summed E-state index contributed by atoms with van der Waals surface area (Å²) >= 11 is 0. The Bertz CT molecular complexity index is 1490. The number of carbonyl (C=O) groups is 2. The molecule has 174 valence electrons. The molecule has 5 aromatic carbocycles. The van der Waals surface area contributed by atoms with E-state index in [2.05, 4.69) is 0 Å². The maximum Gasteiger partial charge on any atom is 0.300 e. The number of hydrogen-bond donors (Lipinski definition) is 2. The van der Waals surface area contributed by atoms with E-state index < -0.39 is 12.1 Å². The van der Waals surface area contributed by atoms with E-state index in [9.17, 15) is 9.90 Å². The molecule has 5 rings (SSSR count). The number of phenolic OH excluding ortho intramolecular Hbond substituents is 1. The third kappa shape index (κ3) is 5.14. The minimum Gasteiger partial charge on any atom is -0.504 e. The van der Waals surface area contributed by atoms with Gasteiger partial charge in [0.2, 0.25) is 0 Å². The molecule has 2 N–H and O–H groups in total. The predicted octanol–water partition coefficient (Wildman–Crippen LogP) is 6.77. The van der Waals surface area contributed by atoms with Crippen molar-refractivity contribution in [3.63, 3.8) is 0 Å². The highest BCUT2D eigenvalue weighted by atomic mass is 16.5. The minimum absolute atomic E-state index is 0.113. The van der Waals surface area contributed by atoms with Crippen LogP contribution < -0.4 is 4.74 Å². The third-order valence-corrected chi connectivity index (χ3v) is 5.55. The van der Waals surface area contributed by atoms with E-state index >= 15 is 0 Å². The molecule has 0 spiro atoms. The second kappa shape index (κ2) is 10.5. The van der Waals surface area contributed by atoms with Crippen molar-refractivity contribution in [2.24, 2.45) is 0 Å². The summed E-state index contributed by atoms with van der Waals surface area (Å²) < 4.78 is 6.57. The molecule has 0 aromatic heterocycles. The first-order valence-electron chi connectivity index (χ1n) is 11.1. The Labute approximate surface area is 202 Å². The van der Waals surface area contributed by atoms with Crippen LogP contribution in [0.4, 0.5) is 0 Å². The molecule has 1 atom stereocenters. The fourth-order valence-electron chi connectivity index (χ4n) is 4.08. The van der Waals surface area contributed by atoms with Crippen LogP contribution in [0.2, 0.25) is 0 Å². The van der Waals surface area contributed by atoms with Gasteiger partial charge in [-0.25, -0.2) is 0 Å². The highest BCUT2D eigenvalue weighted by molar-refractivity contribution is 6.13. The number of benzene rings is 5. The average Bonchev–Trinajstić information content (AvgIpc) is 2.89. The second-order valence-electron chi connectivity index (χ2n) is 7.98. The van der Waals surface area contributed by atoms with Gasteiger partial charge in [-0.1, -0.05) is 97.1 Å². The normalized spacial score (nSPS) is 11.3. The Morgan fingerprint density at radius 2 is 1.26 bits per heavy atom. The zero-order chi connectivity index (χ0) is 24.8. The Morgan fingerprint density at radius 3 is 1.89 bits per heavy atom. The highest BCUT2D eigenvalue weighted by Gasteiger charge is 2.22. The number of fused-ring (bicyclic) bond motifs is 3. The second-order valence-corrected chi connectivity index (χ2v) is 7.98. The summed E-state index contributed by atoms with van der Waals surface area (Å²) in [7, 11) is 0. The number of aromatic hydroxyl groups is 1. The molecule has 0 radical (unpaired) electrons. The van der Waals surface area contributed by atoms with Gasteiger partial charge in [0.05, 0.1) is 0 Å². The van der Waals surface area contributed by atoms with Crippen LogP contribution in [-0.4, -0.2) is 22.5 Å². The third-order valence-electron chi connectivity index (χ3n) is 5.55. The quantitative estimate of drug-likeness (QED) is 0.221. The summed E-state index contributed by atoms with van der Waals surface area (Å²) in [6.07, 6.45) is 0.339. The molecule has 0 amide bonds. The van der Waals surface area contributed by atoms with Gasteiger partial charge in [0.25, 0.3) is 5.97 Å². The molecule has 0 aliphatic rings. The fourth-order valence-corrected chi connectivity index (χ4v) is 4.08. The summed E-state index contributed by atoms with van der Waals surface area (Å²) in [5.74, 6) is -0.290. The van der Waals surface area contributed by atoms with Crippen LogP contribution in [0.25, 0.3) is 21.5 Å². The van der Waals surface area contributed by atoms with Crippen molar-refractivity contribution in [3.05, 3.63) is 120 Å². The van der Waals surface area contributed by atoms with Crippen LogP contribution in [0.15, 0.2) is 103 Å². The van der Waals surface area contributed by atoms with Crippen molar-refractivity contribution in [2.75, 3.05) is 0 Å². The van der Waals surface area contributed by atoms with Crippen molar-refractivity contribution in [3.8, 4) is 11.5 Å². The van der Waals surface area contributed by atoms with Gasteiger partial charge >= 0.3 is 0 Å². The number of carbonyl (C=O) groups excluding carboxylic acids is 1. The minimum atomic E-state index is -0.833. The molecule has 5 aromatic rings. The number of carboxylic acids is 1. The lowest BCUT2D eigenvalue weighted by Crippen LogP contribution is -2.10. The van der Waals surface area contributed by atoms with Gasteiger partial charge in [0.15, 0.2) is 11.5 Å². The first kappa shape index (κ1) is 23.5. The van der Waals surface area contributed by atoms with Gasteiger partial charge in [-0.2, -0.15) is 0 Å². The maximum atomic E-state index is 11.4. The number of aliphatic carboxylic acids is 1. The Morgan fingerprint density at radius 1 is 0.743 bits per heavy atom. The van der Waals surface area contributed by atoms with E-state index in [-0.39, 0.29) is 5.75 Å². The van der Waals surface area contributed by atoms with E-state index in [0.717, 1.165) is 45.9 Å². The SMILES string of the molecule is CC(=O)O.O=Cc1cccc(C(Oc2c(O)c3ccccc3c3ccccc23)c2ccccc2)c1. The number of ether oxygens (including phenoxy) is 1. The predicted molar refractivity (Wildman–Crippen MR) is 137 cm³/mol. The zero-order valence-electron chi connectivity index (χ0n) is 19.1. The highest BCUT2D eigenvalue weighted by Crippen LogP contribution is 2.45. The number of aldehydes is 1. The lowest BCUT2D eigenvalue weighted by atomic mass is 9.98. The zero-order valence-corrected chi connectivity index (χ0v) is 19.1. The molecule has 0 heterocycles. The van der Waals surface area contributed by atoms with Crippen LogP contribution in [0.1, 0.15) is 34.5 Å². The Hall–Kier alpha value is -4.64. The molecule has 0 aliphatic heterocycles. The standard InChI is InChI=1S/C28H20O3.C2H4O2/c29-18-19-9-8-12-21(17-19)27(20-10-2-1-3-11-20)31-28-25-16-7-5-14-23(25)22-13-4-6-15-24(22)26(28)30;1-2(3)4/h1-18,27,30H;1H3,(H,3,4). The first-order chi connectivity index (χ1) is 17.0. The molecule has 0 saturated carbocycles. The Balaban J connectivity index is 0.000000672. The topological polar surface area (TPSA) is 83.8 Å². The molecule has 0 saturated heterocycles. The monoisotopic (exact) mass is 464 g/mol. The first-order valence-corrected chi connectivity index (χ1v) is 11.1. The fraction of sp³-hybridized carbons (Fsp3) is 0.0667. The van der Waals surface area contributed by atoms with Crippen LogP contribution in [0.3, 0.4) is 0 Å². The molecule has 1 unspecified atom stereocenters. The molecular formula is C30H24O5. The van der Waals surface area contributed by atoms with Crippen molar-refractivity contribution < 1.29 is 24.5 Å². The molecular weight excluding hydrogens is 440 g/mol. The van der Waals surface area contributed by atoms with Crippen LogP contribution in [0, 0.1) is 0 Å². The van der Waals surface area contributed by atoms with Gasteiger partial charge in [-0.3, -0.25) is 9.59 Å². The number of rotatable bonds is 5. The smallest absolute Gasteiger partial charge is 0.300 e. The van der Waals surface area contributed by atoms with Crippen LogP contribution in [-0.2, 0) is 4.79 Å². The van der Waals surface area contributed by atoms with Crippen LogP contribution in [0.5, 0.6) is 11.5 Å². The van der Waals surface area contributed by atoms with E-state index in [0.29, 0.717) is 11.3 Å². The largest absolute Gasteiger partial charge is 0.504 e. The molecule has 0 bridgehead atoms. The molecule has 35 heavy (non-hydrogen) atoms. The molecule has 5 heteroatoms. The molecule has 0 fully saturated rings. The van der Waals surface area contributed by atoms with E-state index in [1.165, 1.54) is 0 Å². The van der Waals surface area contributed by atoms with Gasteiger partial charge in [0.1, 0.15) is 12.4 Å². The van der Waals surface area contributed by atoms with Gasteiger partial charge in [-0.15, -0.1) is 0 Å². The van der Waals surface area contributed by atoms with Gasteiger partial charge < -0.3 is 14.9 Å². The average molecular weight is 465 g/mol. The lowest BCUT2D eigenvalue weighted by Gasteiger charge is -2.23. The van der Waals surface area contributed by atoms with Gasteiger partial charge in [0, 0.05) is 23.3 Å². The summed E-state index contributed by atoms with van der Waals surface area (Å²) in [4.78, 5) is 20.4. The molecule has 5 nitrogen and oxygen atoms in total. The van der Waals surface area contributed by atoms with Crippen molar-refractivity contribution in [1.29, 1.82) is 0 Å². The maximum absolute atomic E-state index is 11.4. The van der Waals surface area contributed by atoms with Gasteiger partial charge in [-0.05, 0) is 28.0 Å². The van der Waals surface area contributed by atoms with Crippen molar-refractivity contribution >= 4 is 33.8 Å². The van der Waals surface area contributed by atoms with E-state index in [1.54, 1.807) is 6.07 Å². The summed E-state index contributed by atoms with van der Waals surface area (Å²) in [6.45, 7) is 1.08. The van der Waals surface area contributed by atoms with Crippen molar-refractivity contribution in [2.45, 2.75) is 13.0 Å². The summed E-state index contributed by atoms with van der Waals surface area (Å²) in [5.41, 5.74) is 2.35. The summed E-state index contributed by atoms with van der Waals surface area (Å²) in [5, 5.41) is 22.2. The number of hydrogen-bond acceptors (Lipinski definition) is 4. The Kier molecular flexibility index (Phi) is 7.07. The van der Waals surface area contributed by atoms with E-state index in [1.807, 2.05) is 97.1 Å². The summed E-state index contributed by atoms with van der Waals surface area (Å²) in [6, 6.07) is 32.9. The number of carboxylic acid groups (broad SMARTS) is 1. The van der Waals surface area contributed by atoms with Crippen molar-refractivity contribution in [1.82, 2.24) is 0 Å². The van der Waals surface area contributed by atoms with Crippen LogP contribution >= 0.6 is 0 Å². The van der Waals surface area contributed by atoms with E-state index in [4.69, 9.17) is 14.6 Å². The molecule has 0 aliphatic carbocycles. The lowest BCUT2D eigenvalue weighted by molar-refractivity contribution is -0.134. The number of phenols is 1.